The molecule has 0 aromatic heterocycles. The normalized spacial score (nSPS) is 18.7. The monoisotopic (exact) mass is 254 g/mol. The summed E-state index contributed by atoms with van der Waals surface area (Å²) >= 11 is 0. The molecule has 0 radical (unpaired) electrons. The SMILES string of the molecule is CCCCCCCC(CN)N(C)CC1CCCC1. The first-order valence-corrected chi connectivity index (χ1v) is 8.18. The molecule has 1 aliphatic rings. The molecule has 0 amide bonds. The van der Waals surface area contributed by atoms with Crippen LogP contribution in [0.3, 0.4) is 0 Å². The largest absolute Gasteiger partial charge is 0.329 e. The van der Waals surface area contributed by atoms with E-state index in [0.29, 0.717) is 6.04 Å². The molecule has 0 aromatic rings. The Morgan fingerprint density at radius 2 is 1.78 bits per heavy atom. The highest BCUT2D eigenvalue weighted by Crippen LogP contribution is 2.26. The van der Waals surface area contributed by atoms with Crippen LogP contribution in [-0.4, -0.2) is 31.1 Å². The molecule has 0 aliphatic heterocycles. The zero-order chi connectivity index (χ0) is 13.2. The summed E-state index contributed by atoms with van der Waals surface area (Å²) in [7, 11) is 2.28. The van der Waals surface area contributed by atoms with Crippen LogP contribution in [0.1, 0.15) is 71.1 Å². The highest BCUT2D eigenvalue weighted by molar-refractivity contribution is 4.75. The first-order chi connectivity index (χ1) is 8.77. The van der Waals surface area contributed by atoms with Gasteiger partial charge in [-0.15, -0.1) is 0 Å². The number of hydrogen-bond donors (Lipinski definition) is 1. The van der Waals surface area contributed by atoms with Crippen molar-refractivity contribution < 1.29 is 0 Å². The lowest BCUT2D eigenvalue weighted by atomic mass is 10.0. The van der Waals surface area contributed by atoms with E-state index in [4.69, 9.17) is 5.73 Å². The highest BCUT2D eigenvalue weighted by Gasteiger charge is 2.20. The van der Waals surface area contributed by atoms with Crippen LogP contribution in [0, 0.1) is 5.92 Å². The van der Waals surface area contributed by atoms with E-state index in [-0.39, 0.29) is 0 Å². The van der Waals surface area contributed by atoms with Crippen LogP contribution in [0.5, 0.6) is 0 Å². The van der Waals surface area contributed by atoms with Crippen molar-refractivity contribution in [2.24, 2.45) is 11.7 Å². The Kier molecular flexibility index (Phi) is 8.70. The second-order valence-corrected chi connectivity index (χ2v) is 6.18. The molecule has 1 saturated carbocycles. The minimum Gasteiger partial charge on any atom is -0.329 e. The average molecular weight is 254 g/mol. The van der Waals surface area contributed by atoms with Gasteiger partial charge in [-0.3, -0.25) is 0 Å². The van der Waals surface area contributed by atoms with Crippen LogP contribution in [0.25, 0.3) is 0 Å². The summed E-state index contributed by atoms with van der Waals surface area (Å²) in [6, 6.07) is 0.618. The second-order valence-electron chi connectivity index (χ2n) is 6.18. The molecule has 2 N–H and O–H groups in total. The molecule has 1 unspecified atom stereocenters. The number of rotatable bonds is 10. The van der Waals surface area contributed by atoms with Gasteiger partial charge < -0.3 is 10.6 Å². The first kappa shape index (κ1) is 16.0. The molecule has 108 valence electrons. The molecule has 2 heteroatoms. The molecule has 2 nitrogen and oxygen atoms in total. The van der Waals surface area contributed by atoms with Gasteiger partial charge in [0.15, 0.2) is 0 Å². The van der Waals surface area contributed by atoms with Crippen molar-refractivity contribution in [3.05, 3.63) is 0 Å². The van der Waals surface area contributed by atoms with E-state index in [1.807, 2.05) is 0 Å². The summed E-state index contributed by atoms with van der Waals surface area (Å²) in [5.74, 6) is 0.948. The summed E-state index contributed by atoms with van der Waals surface area (Å²) in [5.41, 5.74) is 5.95. The maximum Gasteiger partial charge on any atom is 0.0215 e. The van der Waals surface area contributed by atoms with Gasteiger partial charge in [-0.05, 0) is 32.2 Å². The third-order valence-electron chi connectivity index (χ3n) is 4.56. The third kappa shape index (κ3) is 6.19. The summed E-state index contributed by atoms with van der Waals surface area (Å²) < 4.78 is 0. The third-order valence-corrected chi connectivity index (χ3v) is 4.56. The number of nitrogens with two attached hydrogens (primary N) is 1. The zero-order valence-corrected chi connectivity index (χ0v) is 12.7. The Labute approximate surface area is 114 Å². The zero-order valence-electron chi connectivity index (χ0n) is 12.7. The van der Waals surface area contributed by atoms with E-state index in [1.165, 1.54) is 70.8 Å². The fraction of sp³-hybridized carbons (Fsp3) is 1.00. The molecule has 0 heterocycles. The van der Waals surface area contributed by atoms with Gasteiger partial charge in [0, 0.05) is 19.1 Å². The Morgan fingerprint density at radius 1 is 1.11 bits per heavy atom. The molecular formula is C16H34N2. The van der Waals surface area contributed by atoms with Gasteiger partial charge in [0.05, 0.1) is 0 Å². The van der Waals surface area contributed by atoms with Crippen LogP contribution in [0.15, 0.2) is 0 Å². The Balaban J connectivity index is 2.13. The molecule has 1 atom stereocenters. The Hall–Kier alpha value is -0.0800. The minimum atomic E-state index is 0.618. The van der Waals surface area contributed by atoms with Crippen molar-refractivity contribution in [1.29, 1.82) is 0 Å². The van der Waals surface area contributed by atoms with Gasteiger partial charge in [0.2, 0.25) is 0 Å². The average Bonchev–Trinajstić information content (AvgIpc) is 2.86. The molecule has 1 aliphatic carbocycles. The number of unbranched alkanes of at least 4 members (excludes halogenated alkanes) is 4. The van der Waals surface area contributed by atoms with Crippen molar-refractivity contribution in [2.45, 2.75) is 77.2 Å². The molecule has 1 fully saturated rings. The molecule has 0 bridgehead atoms. The van der Waals surface area contributed by atoms with Crippen LogP contribution in [-0.2, 0) is 0 Å². The van der Waals surface area contributed by atoms with E-state index in [1.54, 1.807) is 0 Å². The number of hydrogen-bond acceptors (Lipinski definition) is 2. The van der Waals surface area contributed by atoms with Crippen molar-refractivity contribution in [3.8, 4) is 0 Å². The maximum absolute atomic E-state index is 5.95. The van der Waals surface area contributed by atoms with Crippen molar-refractivity contribution in [2.75, 3.05) is 20.1 Å². The van der Waals surface area contributed by atoms with E-state index in [9.17, 15) is 0 Å². The molecule has 18 heavy (non-hydrogen) atoms. The smallest absolute Gasteiger partial charge is 0.0215 e. The summed E-state index contributed by atoms with van der Waals surface area (Å²) in [6.07, 6.45) is 14.0. The molecule has 0 saturated heterocycles. The summed E-state index contributed by atoms with van der Waals surface area (Å²) in [6.45, 7) is 4.38. The molecule has 0 spiro atoms. The van der Waals surface area contributed by atoms with Gasteiger partial charge >= 0.3 is 0 Å². The highest BCUT2D eigenvalue weighted by atomic mass is 15.1. The standard InChI is InChI=1S/C16H34N2/c1-3-4-5-6-7-12-16(13-17)18(2)14-15-10-8-9-11-15/h15-16H,3-14,17H2,1-2H3. The van der Waals surface area contributed by atoms with Gasteiger partial charge in [0.1, 0.15) is 0 Å². The molecule has 0 aromatic carbocycles. The van der Waals surface area contributed by atoms with Crippen LogP contribution < -0.4 is 5.73 Å². The minimum absolute atomic E-state index is 0.618. The fourth-order valence-electron chi connectivity index (χ4n) is 3.25. The Morgan fingerprint density at radius 3 is 2.39 bits per heavy atom. The summed E-state index contributed by atoms with van der Waals surface area (Å²) in [4.78, 5) is 2.54. The number of likely N-dealkylation sites (N-methyl/N-ethyl adjacent to an activating group) is 1. The van der Waals surface area contributed by atoms with Gasteiger partial charge in [-0.1, -0.05) is 51.9 Å². The van der Waals surface area contributed by atoms with Crippen LogP contribution >= 0.6 is 0 Å². The lowest BCUT2D eigenvalue weighted by molar-refractivity contribution is 0.198. The second kappa shape index (κ2) is 9.80. The van der Waals surface area contributed by atoms with Crippen LogP contribution in [0.4, 0.5) is 0 Å². The van der Waals surface area contributed by atoms with E-state index < -0.39 is 0 Å². The van der Waals surface area contributed by atoms with E-state index >= 15 is 0 Å². The van der Waals surface area contributed by atoms with E-state index in [2.05, 4.69) is 18.9 Å². The van der Waals surface area contributed by atoms with Gasteiger partial charge in [-0.2, -0.15) is 0 Å². The van der Waals surface area contributed by atoms with Crippen LogP contribution in [0.2, 0.25) is 0 Å². The van der Waals surface area contributed by atoms with Crippen molar-refractivity contribution in [1.82, 2.24) is 4.90 Å². The molecule has 1 rings (SSSR count). The molecular weight excluding hydrogens is 220 g/mol. The van der Waals surface area contributed by atoms with Crippen molar-refractivity contribution in [3.63, 3.8) is 0 Å². The lowest BCUT2D eigenvalue weighted by Crippen LogP contribution is -2.40. The topological polar surface area (TPSA) is 29.3 Å². The fourth-order valence-corrected chi connectivity index (χ4v) is 3.25. The predicted molar refractivity (Wildman–Crippen MR) is 80.8 cm³/mol. The lowest BCUT2D eigenvalue weighted by Gasteiger charge is -2.29. The summed E-state index contributed by atoms with van der Waals surface area (Å²) in [5, 5.41) is 0. The van der Waals surface area contributed by atoms with Gasteiger partial charge in [0.25, 0.3) is 0 Å². The number of nitrogens with zero attached hydrogens (tertiary/aromatic N) is 1. The van der Waals surface area contributed by atoms with Gasteiger partial charge in [-0.25, -0.2) is 0 Å². The van der Waals surface area contributed by atoms with Crippen molar-refractivity contribution >= 4 is 0 Å². The maximum atomic E-state index is 5.95. The first-order valence-electron chi connectivity index (χ1n) is 8.18. The predicted octanol–water partition coefficient (Wildman–Crippen LogP) is 3.80. The van der Waals surface area contributed by atoms with E-state index in [0.717, 1.165) is 12.5 Å². The Bertz CT molecular complexity index is 188. The quantitative estimate of drug-likeness (QED) is 0.601.